The number of hydrogen-bond acceptors (Lipinski definition) is 3. The zero-order chi connectivity index (χ0) is 8.32. The summed E-state index contributed by atoms with van der Waals surface area (Å²) >= 11 is 1.42. The molecule has 2 nitrogen and oxygen atoms in total. The van der Waals surface area contributed by atoms with Crippen LogP contribution < -0.4 is 4.62 Å². The number of thiophene rings is 1. The first kappa shape index (κ1) is 9.14. The smallest absolute Gasteiger partial charge is 0.214 e. The van der Waals surface area contributed by atoms with Gasteiger partial charge in [-0.05, 0) is 23.9 Å². The minimum absolute atomic E-state index is 0.507. The molecule has 0 atom stereocenters. The third kappa shape index (κ3) is 2.24. The summed E-state index contributed by atoms with van der Waals surface area (Å²) in [5, 5.41) is 1.87. The van der Waals surface area contributed by atoms with Crippen molar-refractivity contribution in [3.63, 3.8) is 0 Å². The lowest BCUT2D eigenvalue weighted by atomic mass is 10.6. The van der Waals surface area contributed by atoms with E-state index in [9.17, 15) is 9.79 Å². The normalized spacial score (nSPS) is 11.9. The molecule has 11 heavy (non-hydrogen) atoms. The molecule has 0 unspecified atom stereocenters. The largest absolute Gasteiger partial charge is 0.309 e. The summed E-state index contributed by atoms with van der Waals surface area (Å²) in [6, 6.07) is 3.63. The Hall–Kier alpha value is 0.0500. The molecule has 2 N–H and O–H groups in total. The topological polar surface area (TPSA) is 40.5 Å². The summed E-state index contributed by atoms with van der Waals surface area (Å²) in [4.78, 5) is 19.1. The van der Waals surface area contributed by atoms with E-state index in [2.05, 4.69) is 0 Å². The number of rotatable bonds is 3. The van der Waals surface area contributed by atoms with Gasteiger partial charge in [0.2, 0.25) is 4.62 Å². The van der Waals surface area contributed by atoms with Crippen molar-refractivity contribution in [2.24, 2.45) is 0 Å². The lowest BCUT2D eigenvalue weighted by molar-refractivity contribution is 0.464. The average Bonchev–Trinajstić information content (AvgIpc) is 2.37. The van der Waals surface area contributed by atoms with Crippen molar-refractivity contribution >= 4 is 23.7 Å². The molecule has 0 saturated carbocycles. The lowest BCUT2D eigenvalue weighted by Crippen LogP contribution is -2.08. The molecule has 4 heteroatoms. The van der Waals surface area contributed by atoms with Crippen LogP contribution in [0.3, 0.4) is 0 Å². The van der Waals surface area contributed by atoms with E-state index in [1.807, 2.05) is 18.4 Å². The van der Waals surface area contributed by atoms with Gasteiger partial charge >= 0.3 is 7.72 Å². The maximum absolute atomic E-state index is 9.55. The highest BCUT2D eigenvalue weighted by Crippen LogP contribution is 2.50. The Labute approximate surface area is 71.0 Å². The molecule has 0 aromatic carbocycles. The zero-order valence-corrected chi connectivity index (χ0v) is 8.11. The van der Waals surface area contributed by atoms with Gasteiger partial charge in [-0.25, -0.2) is 9.79 Å². The van der Waals surface area contributed by atoms with Gasteiger partial charge in [0.1, 0.15) is 6.16 Å². The standard InChI is InChI=1S/C7H12O2PS/c1-2-5-10(8,9)7-4-3-6-11-7/h3-4,6,8-9H,2,5H2,1H3/q+1. The fourth-order valence-corrected chi connectivity index (χ4v) is 3.65. The van der Waals surface area contributed by atoms with E-state index < -0.39 is 7.72 Å². The van der Waals surface area contributed by atoms with Crippen molar-refractivity contribution in [3.8, 4) is 0 Å². The van der Waals surface area contributed by atoms with Gasteiger partial charge in [-0.2, -0.15) is 0 Å². The van der Waals surface area contributed by atoms with Crippen LogP contribution in [0.5, 0.6) is 0 Å². The van der Waals surface area contributed by atoms with Crippen LogP contribution in [0.1, 0.15) is 13.3 Å². The maximum atomic E-state index is 9.55. The predicted octanol–water partition coefficient (Wildman–Crippen LogP) is 1.62. The van der Waals surface area contributed by atoms with Crippen LogP contribution in [0.25, 0.3) is 0 Å². The molecule has 0 aliphatic heterocycles. The lowest BCUT2D eigenvalue weighted by Gasteiger charge is -2.07. The van der Waals surface area contributed by atoms with Crippen LogP contribution in [0.15, 0.2) is 17.5 Å². The highest BCUT2D eigenvalue weighted by molar-refractivity contribution is 7.77. The van der Waals surface area contributed by atoms with E-state index in [0.717, 1.165) is 11.0 Å². The third-order valence-corrected chi connectivity index (χ3v) is 5.18. The van der Waals surface area contributed by atoms with E-state index in [0.29, 0.717) is 6.16 Å². The molecule has 1 heterocycles. The second-order valence-electron chi connectivity index (χ2n) is 2.41. The first-order valence-corrected chi connectivity index (χ1v) is 6.30. The van der Waals surface area contributed by atoms with Crippen molar-refractivity contribution in [2.45, 2.75) is 13.3 Å². The Morgan fingerprint density at radius 2 is 2.27 bits per heavy atom. The van der Waals surface area contributed by atoms with Gasteiger partial charge in [0.05, 0.1) is 0 Å². The Bertz CT molecular complexity index is 208. The van der Waals surface area contributed by atoms with Gasteiger partial charge in [-0.1, -0.05) is 6.92 Å². The van der Waals surface area contributed by atoms with Gasteiger partial charge in [-0.15, -0.1) is 11.3 Å². The minimum Gasteiger partial charge on any atom is -0.214 e. The summed E-state index contributed by atoms with van der Waals surface area (Å²) in [5.41, 5.74) is 0. The fraction of sp³-hybridized carbons (Fsp3) is 0.429. The molecule has 0 radical (unpaired) electrons. The third-order valence-electron chi connectivity index (χ3n) is 1.39. The molecule has 0 fully saturated rings. The van der Waals surface area contributed by atoms with Crippen molar-refractivity contribution in [1.82, 2.24) is 0 Å². The van der Waals surface area contributed by atoms with Crippen LogP contribution in [0, 0.1) is 0 Å². The Balaban J connectivity index is 2.73. The van der Waals surface area contributed by atoms with Gasteiger partial charge in [0, 0.05) is 0 Å². The zero-order valence-electron chi connectivity index (χ0n) is 6.40. The molecule has 0 bridgehead atoms. The van der Waals surface area contributed by atoms with Gasteiger partial charge < -0.3 is 0 Å². The maximum Gasteiger partial charge on any atom is 0.309 e. The van der Waals surface area contributed by atoms with Crippen molar-refractivity contribution < 1.29 is 9.79 Å². The first-order chi connectivity index (χ1) is 5.17. The molecular formula is C7H12O2PS+. The summed E-state index contributed by atoms with van der Waals surface area (Å²) in [6.07, 6.45) is 1.33. The molecule has 1 aromatic rings. The van der Waals surface area contributed by atoms with Gasteiger partial charge in [0.25, 0.3) is 0 Å². The molecule has 1 rings (SSSR count). The highest BCUT2D eigenvalue weighted by atomic mass is 32.1. The summed E-state index contributed by atoms with van der Waals surface area (Å²) in [7, 11) is -2.73. The second kappa shape index (κ2) is 3.63. The van der Waals surface area contributed by atoms with E-state index in [1.165, 1.54) is 11.3 Å². The van der Waals surface area contributed by atoms with Gasteiger partial charge in [-0.3, -0.25) is 0 Å². The Morgan fingerprint density at radius 1 is 1.55 bits per heavy atom. The van der Waals surface area contributed by atoms with Crippen LogP contribution in [0.2, 0.25) is 0 Å². The van der Waals surface area contributed by atoms with E-state index in [1.54, 1.807) is 6.07 Å². The molecule has 1 aromatic heterocycles. The quantitative estimate of drug-likeness (QED) is 0.713. The molecule has 0 amide bonds. The molecular weight excluding hydrogens is 179 g/mol. The van der Waals surface area contributed by atoms with Crippen molar-refractivity contribution in [1.29, 1.82) is 0 Å². The van der Waals surface area contributed by atoms with Crippen LogP contribution in [0.4, 0.5) is 0 Å². The van der Waals surface area contributed by atoms with Crippen LogP contribution in [-0.4, -0.2) is 15.9 Å². The molecule has 0 aliphatic carbocycles. The average molecular weight is 191 g/mol. The molecule has 0 spiro atoms. The van der Waals surface area contributed by atoms with Crippen LogP contribution in [-0.2, 0) is 0 Å². The second-order valence-corrected chi connectivity index (χ2v) is 6.05. The van der Waals surface area contributed by atoms with Crippen LogP contribution >= 0.6 is 19.1 Å². The van der Waals surface area contributed by atoms with Gasteiger partial charge in [0.15, 0.2) is 0 Å². The number of hydrogen-bond donors (Lipinski definition) is 2. The fourth-order valence-electron chi connectivity index (χ4n) is 0.896. The van der Waals surface area contributed by atoms with E-state index in [-0.39, 0.29) is 0 Å². The van der Waals surface area contributed by atoms with Crippen molar-refractivity contribution in [3.05, 3.63) is 17.5 Å². The summed E-state index contributed by atoms with van der Waals surface area (Å²) in [6.45, 7) is 1.95. The molecule has 0 aliphatic rings. The predicted molar refractivity (Wildman–Crippen MR) is 50.5 cm³/mol. The highest BCUT2D eigenvalue weighted by Gasteiger charge is 2.36. The monoisotopic (exact) mass is 191 g/mol. The van der Waals surface area contributed by atoms with E-state index in [4.69, 9.17) is 0 Å². The summed E-state index contributed by atoms with van der Waals surface area (Å²) < 4.78 is 0.736. The minimum atomic E-state index is -2.73. The SMILES string of the molecule is CCC[P+](O)(O)c1cccs1. The Kier molecular flexibility index (Phi) is 3.02. The Morgan fingerprint density at radius 3 is 2.73 bits per heavy atom. The summed E-state index contributed by atoms with van der Waals surface area (Å²) in [5.74, 6) is 0. The first-order valence-electron chi connectivity index (χ1n) is 3.54. The molecule has 62 valence electrons. The molecule has 0 saturated heterocycles. The van der Waals surface area contributed by atoms with E-state index >= 15 is 0 Å². The van der Waals surface area contributed by atoms with Crippen molar-refractivity contribution in [2.75, 3.05) is 6.16 Å².